The van der Waals surface area contributed by atoms with Gasteiger partial charge in [-0.2, -0.15) is 0 Å². The van der Waals surface area contributed by atoms with E-state index in [1.54, 1.807) is 24.3 Å². The first-order valence-electron chi connectivity index (χ1n) is 12.0. The lowest BCUT2D eigenvalue weighted by Crippen LogP contribution is -2.53. The van der Waals surface area contributed by atoms with Crippen molar-refractivity contribution < 1.29 is 19.4 Å². The van der Waals surface area contributed by atoms with Gasteiger partial charge in [0.25, 0.3) is 0 Å². The lowest BCUT2D eigenvalue weighted by atomic mass is 9.49. The monoisotopic (exact) mass is 426 g/mol. The Hall–Kier alpha value is -2.24. The van der Waals surface area contributed by atoms with E-state index in [4.69, 9.17) is 9.84 Å². The first-order valence-corrected chi connectivity index (χ1v) is 12.0. The van der Waals surface area contributed by atoms with Crippen LogP contribution in [0.4, 0.5) is 4.79 Å². The van der Waals surface area contributed by atoms with Crippen molar-refractivity contribution in [3.05, 3.63) is 29.8 Å². The van der Waals surface area contributed by atoms with Crippen LogP contribution < -0.4 is 15.4 Å². The SMILES string of the molecule is O=C(NCC12CC3CC(CC(C3)C1)C2)NC1CCC(Oc2ccc(C(=O)O)cc2)CC1. The maximum absolute atomic E-state index is 12.6. The van der Waals surface area contributed by atoms with Gasteiger partial charge in [-0.05, 0) is 112 Å². The van der Waals surface area contributed by atoms with Gasteiger partial charge in [-0.25, -0.2) is 9.59 Å². The van der Waals surface area contributed by atoms with E-state index in [9.17, 15) is 9.59 Å². The normalized spacial score (nSPS) is 36.1. The van der Waals surface area contributed by atoms with Crippen molar-refractivity contribution in [1.29, 1.82) is 0 Å². The lowest BCUT2D eigenvalue weighted by molar-refractivity contribution is -0.0498. The van der Waals surface area contributed by atoms with Crippen molar-refractivity contribution in [1.82, 2.24) is 10.6 Å². The van der Waals surface area contributed by atoms with Crippen molar-refractivity contribution in [3.63, 3.8) is 0 Å². The van der Waals surface area contributed by atoms with E-state index in [1.807, 2.05) is 0 Å². The Kier molecular flexibility index (Phi) is 5.57. The minimum Gasteiger partial charge on any atom is -0.490 e. The molecule has 5 aliphatic rings. The summed E-state index contributed by atoms with van der Waals surface area (Å²) in [4.78, 5) is 23.5. The van der Waals surface area contributed by atoms with Gasteiger partial charge in [0.2, 0.25) is 0 Å². The van der Waals surface area contributed by atoms with Crippen LogP contribution >= 0.6 is 0 Å². The predicted octanol–water partition coefficient (Wildman–Crippen LogP) is 4.59. The minimum atomic E-state index is -0.931. The number of carbonyl (C=O) groups excluding carboxylic acids is 1. The fourth-order valence-corrected chi connectivity index (χ4v) is 7.20. The van der Waals surface area contributed by atoms with Crippen LogP contribution in [0.15, 0.2) is 24.3 Å². The Morgan fingerprint density at radius 2 is 1.52 bits per heavy atom. The number of amides is 2. The molecule has 0 saturated heterocycles. The molecule has 0 unspecified atom stereocenters. The Balaban J connectivity index is 1.04. The summed E-state index contributed by atoms with van der Waals surface area (Å²) < 4.78 is 6.01. The molecule has 4 bridgehead atoms. The predicted molar refractivity (Wildman–Crippen MR) is 117 cm³/mol. The zero-order valence-electron chi connectivity index (χ0n) is 18.1. The molecule has 6 rings (SSSR count). The Bertz CT molecular complexity index is 778. The molecule has 5 fully saturated rings. The molecule has 3 N–H and O–H groups in total. The number of carboxylic acid groups (broad SMARTS) is 1. The van der Waals surface area contributed by atoms with Crippen molar-refractivity contribution in [2.24, 2.45) is 23.2 Å². The fraction of sp³-hybridized carbons (Fsp3) is 0.680. The largest absolute Gasteiger partial charge is 0.490 e. The van der Waals surface area contributed by atoms with E-state index in [2.05, 4.69) is 10.6 Å². The molecule has 6 heteroatoms. The average molecular weight is 427 g/mol. The smallest absolute Gasteiger partial charge is 0.335 e. The van der Waals surface area contributed by atoms with Crippen molar-refractivity contribution >= 4 is 12.0 Å². The molecule has 31 heavy (non-hydrogen) atoms. The Labute approximate surface area is 184 Å². The number of ether oxygens (including phenoxy) is 1. The first kappa shape index (κ1) is 20.7. The second-order valence-electron chi connectivity index (χ2n) is 10.7. The molecule has 0 aromatic heterocycles. The van der Waals surface area contributed by atoms with Gasteiger partial charge in [-0.1, -0.05) is 0 Å². The summed E-state index contributed by atoms with van der Waals surface area (Å²) in [5.74, 6) is 2.50. The molecule has 5 saturated carbocycles. The van der Waals surface area contributed by atoms with Crippen molar-refractivity contribution in [3.8, 4) is 5.75 Å². The molecule has 6 nitrogen and oxygen atoms in total. The van der Waals surface area contributed by atoms with Gasteiger partial charge in [0.05, 0.1) is 11.7 Å². The van der Waals surface area contributed by atoms with Crippen LogP contribution in [-0.4, -0.2) is 35.8 Å². The van der Waals surface area contributed by atoms with Gasteiger partial charge >= 0.3 is 12.0 Å². The molecular weight excluding hydrogens is 392 g/mol. The topological polar surface area (TPSA) is 87.7 Å². The minimum absolute atomic E-state index is 0.00984. The number of benzene rings is 1. The number of hydrogen-bond donors (Lipinski definition) is 3. The molecule has 1 aromatic rings. The summed E-state index contributed by atoms with van der Waals surface area (Å²) in [7, 11) is 0. The van der Waals surface area contributed by atoms with Crippen LogP contribution in [0.3, 0.4) is 0 Å². The van der Waals surface area contributed by atoms with Gasteiger partial charge in [-0.15, -0.1) is 0 Å². The number of urea groups is 1. The second-order valence-corrected chi connectivity index (χ2v) is 10.7. The van der Waals surface area contributed by atoms with Gasteiger partial charge < -0.3 is 20.5 Å². The maximum Gasteiger partial charge on any atom is 0.335 e. The third-order valence-corrected chi connectivity index (χ3v) is 8.20. The molecule has 0 aliphatic heterocycles. The van der Waals surface area contributed by atoms with Gasteiger partial charge in [-0.3, -0.25) is 0 Å². The summed E-state index contributed by atoms with van der Waals surface area (Å²) >= 11 is 0. The van der Waals surface area contributed by atoms with Crippen molar-refractivity contribution in [2.45, 2.75) is 76.4 Å². The van der Waals surface area contributed by atoms with Gasteiger partial charge in [0.1, 0.15) is 5.75 Å². The second kappa shape index (κ2) is 8.36. The number of aromatic carboxylic acids is 1. The first-order chi connectivity index (χ1) is 15.0. The summed E-state index contributed by atoms with van der Waals surface area (Å²) in [6.45, 7) is 0.840. The van der Waals surface area contributed by atoms with Gasteiger partial charge in [0.15, 0.2) is 0 Å². The van der Waals surface area contributed by atoms with Crippen LogP contribution in [0, 0.1) is 23.2 Å². The summed E-state index contributed by atoms with van der Waals surface area (Å²) in [6.07, 6.45) is 11.9. The maximum atomic E-state index is 12.6. The highest BCUT2D eigenvalue weighted by Gasteiger charge is 2.50. The molecule has 0 radical (unpaired) electrons. The van der Waals surface area contributed by atoms with Crippen LogP contribution in [0.5, 0.6) is 5.75 Å². The van der Waals surface area contributed by atoms with E-state index in [-0.39, 0.29) is 23.7 Å². The highest BCUT2D eigenvalue weighted by Crippen LogP contribution is 2.59. The van der Waals surface area contributed by atoms with Crippen molar-refractivity contribution in [2.75, 3.05) is 6.54 Å². The Morgan fingerprint density at radius 3 is 2.06 bits per heavy atom. The molecule has 2 amide bonds. The number of carbonyl (C=O) groups is 2. The standard InChI is InChI=1S/C25H34N2O4/c28-23(29)19-1-5-21(6-2-19)31-22-7-3-20(4-8-22)27-24(30)26-15-25-12-16-9-17(13-25)11-18(10-16)14-25/h1-2,5-6,16-18,20,22H,3-4,7-15H2,(H,28,29)(H2,26,27,30). The molecular formula is C25H34N2O4. The summed E-state index contributed by atoms with van der Waals surface area (Å²) in [5, 5.41) is 15.4. The number of carboxylic acids is 1. The lowest BCUT2D eigenvalue weighted by Gasteiger charge is -2.56. The van der Waals surface area contributed by atoms with E-state index >= 15 is 0 Å². The van der Waals surface area contributed by atoms with Crippen LogP contribution in [0.2, 0.25) is 0 Å². The summed E-state index contributed by atoms with van der Waals surface area (Å²) in [6, 6.07) is 6.75. The van der Waals surface area contributed by atoms with E-state index < -0.39 is 5.97 Å². The van der Waals surface area contributed by atoms with E-state index in [0.717, 1.165) is 50.0 Å². The zero-order chi connectivity index (χ0) is 21.4. The number of hydrogen-bond acceptors (Lipinski definition) is 3. The van der Waals surface area contributed by atoms with Crippen LogP contribution in [0.1, 0.15) is 74.6 Å². The molecule has 0 spiro atoms. The zero-order valence-corrected chi connectivity index (χ0v) is 18.1. The van der Waals surface area contributed by atoms with E-state index in [1.165, 1.54) is 38.5 Å². The summed E-state index contributed by atoms with van der Waals surface area (Å²) in [5.41, 5.74) is 0.633. The highest BCUT2D eigenvalue weighted by molar-refractivity contribution is 5.87. The third-order valence-electron chi connectivity index (χ3n) is 8.20. The molecule has 1 aromatic carbocycles. The molecule has 0 heterocycles. The van der Waals surface area contributed by atoms with Crippen LogP contribution in [0.25, 0.3) is 0 Å². The number of nitrogens with one attached hydrogen (secondary N) is 2. The fourth-order valence-electron chi connectivity index (χ4n) is 7.20. The quantitative estimate of drug-likeness (QED) is 0.621. The highest BCUT2D eigenvalue weighted by atomic mass is 16.5. The average Bonchev–Trinajstić information content (AvgIpc) is 2.73. The molecule has 168 valence electrons. The number of rotatable bonds is 6. The van der Waals surface area contributed by atoms with Crippen LogP contribution in [-0.2, 0) is 0 Å². The molecule has 5 aliphatic carbocycles. The Morgan fingerprint density at radius 1 is 0.935 bits per heavy atom. The van der Waals surface area contributed by atoms with E-state index in [0.29, 0.717) is 11.2 Å². The third kappa shape index (κ3) is 4.68. The molecule has 0 atom stereocenters. The van der Waals surface area contributed by atoms with Gasteiger partial charge in [0, 0.05) is 12.6 Å².